The smallest absolute Gasteiger partial charge is 0.250 e. The Bertz CT molecular complexity index is 673. The first-order valence-corrected chi connectivity index (χ1v) is 7.90. The van der Waals surface area contributed by atoms with Crippen molar-refractivity contribution in [3.05, 3.63) is 68.8 Å². The molecule has 0 aliphatic carbocycles. The number of hydrogen-bond acceptors (Lipinski definition) is 2. The van der Waals surface area contributed by atoms with Gasteiger partial charge in [0, 0.05) is 10.1 Å². The van der Waals surface area contributed by atoms with E-state index in [9.17, 15) is 4.79 Å². The molecule has 0 fully saturated rings. The quantitative estimate of drug-likeness (QED) is 0.621. The van der Waals surface area contributed by atoms with Crippen LogP contribution in [0.4, 0.5) is 0 Å². The van der Waals surface area contributed by atoms with E-state index >= 15 is 0 Å². The second kappa shape index (κ2) is 5.47. The summed E-state index contributed by atoms with van der Waals surface area (Å²) in [4.78, 5) is 12.3. The molecule has 2 nitrogen and oxygen atoms in total. The van der Waals surface area contributed by atoms with Crippen LogP contribution in [0.3, 0.4) is 0 Å². The monoisotopic (exact) mass is 397 g/mol. The van der Waals surface area contributed by atoms with Crippen molar-refractivity contribution in [1.82, 2.24) is 5.32 Å². The van der Waals surface area contributed by atoms with E-state index in [1.165, 1.54) is 5.56 Å². The minimum atomic E-state index is -0.936. The number of hydrogen-bond donors (Lipinski definition) is 1. The van der Waals surface area contributed by atoms with E-state index in [2.05, 4.69) is 34.0 Å². The molecule has 0 saturated carbocycles. The summed E-state index contributed by atoms with van der Waals surface area (Å²) >= 11 is 8.30. The molecule has 1 atom stereocenters. The molecule has 0 radical (unpaired) electrons. The molecule has 0 amide bonds. The van der Waals surface area contributed by atoms with Crippen LogP contribution in [0.25, 0.3) is 0 Å². The lowest BCUT2D eigenvalue weighted by atomic mass is 9.78. The molecule has 3 rings (SSSR count). The van der Waals surface area contributed by atoms with Gasteiger partial charge in [-0.1, -0.05) is 42.5 Å². The van der Waals surface area contributed by atoms with Gasteiger partial charge in [0.25, 0.3) is 5.24 Å². The van der Waals surface area contributed by atoms with Gasteiger partial charge >= 0.3 is 0 Å². The molecule has 1 heterocycles. The lowest BCUT2D eigenvalue weighted by Gasteiger charge is -2.38. The fourth-order valence-electron chi connectivity index (χ4n) is 2.87. The highest BCUT2D eigenvalue weighted by atomic mass is 127. The summed E-state index contributed by atoms with van der Waals surface area (Å²) in [6, 6.07) is 15.9. The normalized spacial score (nSPS) is 21.3. The van der Waals surface area contributed by atoms with Crippen LogP contribution in [0.15, 0.2) is 48.5 Å². The van der Waals surface area contributed by atoms with Crippen molar-refractivity contribution in [2.24, 2.45) is 0 Å². The minimum Gasteiger partial charge on any atom is -0.296 e. The third-order valence-electron chi connectivity index (χ3n) is 3.78. The summed E-state index contributed by atoms with van der Waals surface area (Å²) in [5.74, 6) is 0. The van der Waals surface area contributed by atoms with Gasteiger partial charge in [-0.2, -0.15) is 0 Å². The van der Waals surface area contributed by atoms with Crippen LogP contribution in [-0.2, 0) is 16.8 Å². The predicted molar refractivity (Wildman–Crippen MR) is 88.9 cm³/mol. The topological polar surface area (TPSA) is 29.1 Å². The van der Waals surface area contributed by atoms with Crippen molar-refractivity contribution < 1.29 is 4.79 Å². The molecule has 0 bridgehead atoms. The van der Waals surface area contributed by atoms with Gasteiger partial charge in [-0.25, -0.2) is 0 Å². The van der Waals surface area contributed by atoms with Gasteiger partial charge in [-0.05, 0) is 63.4 Å². The fourth-order valence-corrected chi connectivity index (χ4v) is 3.93. The van der Waals surface area contributed by atoms with Gasteiger partial charge in [-0.3, -0.25) is 10.1 Å². The van der Waals surface area contributed by atoms with E-state index in [-0.39, 0.29) is 5.24 Å². The number of carbonyl (C=O) groups excluding carboxylic acids is 1. The van der Waals surface area contributed by atoms with Crippen molar-refractivity contribution in [2.45, 2.75) is 12.0 Å². The summed E-state index contributed by atoms with van der Waals surface area (Å²) in [6.45, 7) is 0.737. The molecule has 4 heteroatoms. The molecule has 0 unspecified atom stereocenters. The first-order valence-electron chi connectivity index (χ1n) is 6.44. The third kappa shape index (κ3) is 2.08. The van der Waals surface area contributed by atoms with Crippen molar-refractivity contribution in [3.8, 4) is 0 Å². The first-order chi connectivity index (χ1) is 9.66. The number of halogens is 2. The van der Waals surface area contributed by atoms with Gasteiger partial charge in [0.2, 0.25) is 0 Å². The summed E-state index contributed by atoms with van der Waals surface area (Å²) in [6.07, 6.45) is 0.908. The van der Waals surface area contributed by atoms with Gasteiger partial charge in [-0.15, -0.1) is 0 Å². The van der Waals surface area contributed by atoms with Crippen LogP contribution in [0.2, 0.25) is 0 Å². The van der Waals surface area contributed by atoms with E-state index in [1.807, 2.05) is 42.5 Å². The van der Waals surface area contributed by atoms with E-state index in [0.29, 0.717) is 0 Å². The van der Waals surface area contributed by atoms with Crippen molar-refractivity contribution >= 4 is 39.4 Å². The Morgan fingerprint density at radius 3 is 2.45 bits per heavy atom. The maximum absolute atomic E-state index is 12.3. The van der Waals surface area contributed by atoms with Crippen LogP contribution < -0.4 is 5.32 Å². The summed E-state index contributed by atoms with van der Waals surface area (Å²) in [5, 5.41) is 2.98. The van der Waals surface area contributed by atoms with Crippen molar-refractivity contribution in [1.29, 1.82) is 0 Å². The molecule has 0 aromatic heterocycles. The lowest BCUT2D eigenvalue weighted by Crippen LogP contribution is -2.52. The molecule has 1 N–H and O–H groups in total. The number of nitrogens with one attached hydrogen (secondary N) is 1. The van der Waals surface area contributed by atoms with Crippen LogP contribution >= 0.6 is 34.2 Å². The number of benzene rings is 2. The van der Waals surface area contributed by atoms with Gasteiger partial charge < -0.3 is 0 Å². The summed E-state index contributed by atoms with van der Waals surface area (Å²) in [5.41, 5.74) is 2.14. The maximum Gasteiger partial charge on any atom is 0.250 e. The van der Waals surface area contributed by atoms with E-state index in [1.54, 1.807) is 0 Å². The minimum absolute atomic E-state index is 0.381. The summed E-state index contributed by atoms with van der Waals surface area (Å²) < 4.78 is 1.03. The van der Waals surface area contributed by atoms with Crippen LogP contribution in [-0.4, -0.2) is 11.8 Å². The molecule has 2 aromatic rings. The molecule has 1 aliphatic rings. The molecule has 102 valence electrons. The number of rotatable bonds is 2. The second-order valence-electron chi connectivity index (χ2n) is 4.84. The van der Waals surface area contributed by atoms with Crippen molar-refractivity contribution in [3.63, 3.8) is 0 Å². The van der Waals surface area contributed by atoms with E-state index in [0.717, 1.165) is 27.7 Å². The summed E-state index contributed by atoms with van der Waals surface area (Å²) in [7, 11) is 0. The number of carbonyl (C=O) groups is 1. The van der Waals surface area contributed by atoms with Gasteiger partial charge in [0.1, 0.15) is 5.54 Å². The van der Waals surface area contributed by atoms with Gasteiger partial charge in [0.15, 0.2) is 0 Å². The SMILES string of the molecule is O=C(Cl)[C@]1(c2ccccc2I)NCCc2ccccc21. The third-order valence-corrected chi connectivity index (χ3v) is 5.00. The Morgan fingerprint density at radius 2 is 1.75 bits per heavy atom. The van der Waals surface area contributed by atoms with E-state index in [4.69, 9.17) is 11.6 Å². The number of fused-ring (bicyclic) bond motifs is 1. The van der Waals surface area contributed by atoms with E-state index < -0.39 is 5.54 Å². The Labute approximate surface area is 136 Å². The van der Waals surface area contributed by atoms with Crippen LogP contribution in [0.5, 0.6) is 0 Å². The van der Waals surface area contributed by atoms with Crippen molar-refractivity contribution in [2.75, 3.05) is 6.54 Å². The standard InChI is InChI=1S/C16H13ClINO/c17-15(20)16(13-7-3-4-8-14(13)18)12-6-2-1-5-11(12)9-10-19-16/h1-8,19H,9-10H2/t16-/m0/s1. The zero-order valence-corrected chi connectivity index (χ0v) is 13.6. The molecular formula is C16H13ClINO. The molecular weight excluding hydrogens is 385 g/mol. The zero-order chi connectivity index (χ0) is 14.2. The Balaban J connectivity index is 2.31. The average molecular weight is 398 g/mol. The predicted octanol–water partition coefficient (Wildman–Crippen LogP) is 3.45. The zero-order valence-electron chi connectivity index (χ0n) is 10.7. The fraction of sp³-hybridized carbons (Fsp3) is 0.188. The first kappa shape index (κ1) is 14.0. The second-order valence-corrected chi connectivity index (χ2v) is 6.34. The Kier molecular flexibility index (Phi) is 3.84. The Morgan fingerprint density at radius 1 is 1.10 bits per heavy atom. The molecule has 1 aliphatic heterocycles. The molecule has 0 saturated heterocycles. The van der Waals surface area contributed by atoms with Crippen LogP contribution in [0, 0.1) is 3.57 Å². The highest BCUT2D eigenvalue weighted by Gasteiger charge is 2.44. The largest absolute Gasteiger partial charge is 0.296 e. The highest BCUT2D eigenvalue weighted by Crippen LogP contribution is 2.38. The Hall–Kier alpha value is -0.910. The highest BCUT2D eigenvalue weighted by molar-refractivity contribution is 14.1. The lowest BCUT2D eigenvalue weighted by molar-refractivity contribution is -0.116. The maximum atomic E-state index is 12.3. The molecule has 2 aromatic carbocycles. The molecule has 20 heavy (non-hydrogen) atoms. The average Bonchev–Trinajstić information content (AvgIpc) is 2.47. The molecule has 0 spiro atoms. The van der Waals surface area contributed by atoms with Gasteiger partial charge in [0.05, 0.1) is 0 Å². The van der Waals surface area contributed by atoms with Crippen LogP contribution in [0.1, 0.15) is 16.7 Å².